The molecule has 1 atom stereocenters. The molecule has 1 saturated heterocycles. The van der Waals surface area contributed by atoms with Crippen LogP contribution in [0.5, 0.6) is 0 Å². The largest absolute Gasteiger partial charge is 0.417 e. The first-order chi connectivity index (χ1) is 12.4. The zero-order valence-electron chi connectivity index (χ0n) is 19.0. The van der Waals surface area contributed by atoms with E-state index >= 15 is 0 Å². The van der Waals surface area contributed by atoms with Crippen molar-refractivity contribution in [3.8, 4) is 0 Å². The standard InChI is InChI=1S/C23H50OSi2/c1-6-7-8-9-10-11-12-13-14-15-16-17-18-19-20-23-21-22-25(2,3)26(4,5)24-23/h23H,6-22H2,1-5H3. The molecule has 0 N–H and O–H groups in total. The average molecular weight is 399 g/mol. The van der Waals surface area contributed by atoms with Crippen molar-refractivity contribution in [2.45, 2.75) is 148 Å². The van der Waals surface area contributed by atoms with Crippen LogP contribution in [0.2, 0.25) is 32.2 Å². The summed E-state index contributed by atoms with van der Waals surface area (Å²) in [5.41, 5.74) is 0. The third-order valence-electron chi connectivity index (χ3n) is 7.06. The highest BCUT2D eigenvalue weighted by molar-refractivity contribution is 7.38. The van der Waals surface area contributed by atoms with E-state index in [-0.39, 0.29) is 0 Å². The van der Waals surface area contributed by atoms with E-state index in [1.165, 1.54) is 109 Å². The predicted octanol–water partition coefficient (Wildman–Crippen LogP) is 8.64. The van der Waals surface area contributed by atoms with Crippen LogP contribution in [0, 0.1) is 0 Å². The van der Waals surface area contributed by atoms with Gasteiger partial charge in [-0.15, -0.1) is 0 Å². The van der Waals surface area contributed by atoms with E-state index in [1.807, 2.05) is 0 Å². The molecule has 1 fully saturated rings. The summed E-state index contributed by atoms with van der Waals surface area (Å²) in [5.74, 6) is 0. The first-order valence-corrected chi connectivity index (χ1v) is 19.2. The summed E-state index contributed by atoms with van der Waals surface area (Å²) in [7, 11) is -2.38. The minimum Gasteiger partial charge on any atom is -0.417 e. The molecule has 0 aliphatic carbocycles. The van der Waals surface area contributed by atoms with Crippen molar-refractivity contribution in [3.05, 3.63) is 0 Å². The SMILES string of the molecule is CCCCCCCCCCCCCCCCC1CC[Si](C)(C)[Si](C)(C)O1. The molecule has 3 heteroatoms. The lowest BCUT2D eigenvalue weighted by atomic mass is 10.0. The topological polar surface area (TPSA) is 9.23 Å². The fraction of sp³-hybridized carbons (Fsp3) is 1.00. The molecule has 1 heterocycles. The van der Waals surface area contributed by atoms with E-state index < -0.39 is 15.4 Å². The van der Waals surface area contributed by atoms with Crippen LogP contribution >= 0.6 is 0 Å². The van der Waals surface area contributed by atoms with E-state index in [1.54, 1.807) is 0 Å². The van der Waals surface area contributed by atoms with Gasteiger partial charge in [0.15, 0.2) is 7.83 Å². The summed E-state index contributed by atoms with van der Waals surface area (Å²) >= 11 is 0. The van der Waals surface area contributed by atoms with Crippen molar-refractivity contribution in [1.29, 1.82) is 0 Å². The Morgan fingerprint density at radius 2 is 1.08 bits per heavy atom. The molecule has 0 aromatic heterocycles. The lowest BCUT2D eigenvalue weighted by Gasteiger charge is -2.45. The van der Waals surface area contributed by atoms with Gasteiger partial charge in [-0.1, -0.05) is 116 Å². The van der Waals surface area contributed by atoms with Crippen LogP contribution in [0.15, 0.2) is 0 Å². The highest BCUT2D eigenvalue weighted by Gasteiger charge is 2.47. The Balaban J connectivity index is 1.86. The van der Waals surface area contributed by atoms with Gasteiger partial charge in [0.2, 0.25) is 0 Å². The second-order valence-electron chi connectivity index (χ2n) is 10.1. The van der Waals surface area contributed by atoms with E-state index in [0.29, 0.717) is 6.10 Å². The summed E-state index contributed by atoms with van der Waals surface area (Å²) in [4.78, 5) is 0. The minimum atomic E-state index is -1.35. The van der Waals surface area contributed by atoms with Crippen LogP contribution < -0.4 is 0 Å². The Bertz CT molecular complexity index is 341. The molecule has 1 rings (SSSR count). The second kappa shape index (κ2) is 13.6. The number of unbranched alkanes of at least 4 members (excludes halogenated alkanes) is 13. The zero-order chi connectivity index (χ0) is 19.3. The number of hydrogen-bond donors (Lipinski definition) is 0. The van der Waals surface area contributed by atoms with E-state index in [4.69, 9.17) is 4.43 Å². The molecule has 1 unspecified atom stereocenters. The van der Waals surface area contributed by atoms with E-state index in [0.717, 1.165) is 0 Å². The summed E-state index contributed by atoms with van der Waals surface area (Å²) in [6.45, 7) is 12.4. The van der Waals surface area contributed by atoms with Crippen molar-refractivity contribution in [1.82, 2.24) is 0 Å². The summed E-state index contributed by atoms with van der Waals surface area (Å²) in [5, 5.41) is 0. The molecule has 0 aromatic carbocycles. The van der Waals surface area contributed by atoms with Crippen molar-refractivity contribution >= 4 is 15.4 Å². The second-order valence-corrected chi connectivity index (χ2v) is 25.3. The Morgan fingerprint density at radius 3 is 1.50 bits per heavy atom. The Morgan fingerprint density at radius 1 is 0.654 bits per heavy atom. The Kier molecular flexibility index (Phi) is 12.7. The fourth-order valence-corrected chi connectivity index (χ4v) is 11.0. The third kappa shape index (κ3) is 10.1. The van der Waals surface area contributed by atoms with Gasteiger partial charge in [0.25, 0.3) is 0 Å². The fourth-order valence-electron chi connectivity index (χ4n) is 4.23. The van der Waals surface area contributed by atoms with Gasteiger partial charge in [-0.25, -0.2) is 0 Å². The van der Waals surface area contributed by atoms with Gasteiger partial charge in [0, 0.05) is 6.10 Å². The third-order valence-corrected chi connectivity index (χ3v) is 23.7. The van der Waals surface area contributed by atoms with Crippen molar-refractivity contribution in [3.63, 3.8) is 0 Å². The monoisotopic (exact) mass is 398 g/mol. The van der Waals surface area contributed by atoms with Crippen LogP contribution in [-0.4, -0.2) is 21.5 Å². The van der Waals surface area contributed by atoms with Crippen LogP contribution in [0.1, 0.15) is 110 Å². The highest BCUT2D eigenvalue weighted by atomic mass is 29.3. The molecule has 26 heavy (non-hydrogen) atoms. The lowest BCUT2D eigenvalue weighted by Crippen LogP contribution is -2.61. The van der Waals surface area contributed by atoms with Gasteiger partial charge in [0.05, 0.1) is 7.59 Å². The molecule has 0 bridgehead atoms. The smallest absolute Gasteiger partial charge is 0.174 e. The van der Waals surface area contributed by atoms with Gasteiger partial charge >= 0.3 is 0 Å². The molecular formula is C23H50OSi2. The molecule has 1 aliphatic heterocycles. The van der Waals surface area contributed by atoms with Crippen molar-refractivity contribution < 1.29 is 4.43 Å². The van der Waals surface area contributed by atoms with Crippen LogP contribution in [0.25, 0.3) is 0 Å². The lowest BCUT2D eigenvalue weighted by molar-refractivity contribution is 0.171. The zero-order valence-corrected chi connectivity index (χ0v) is 21.0. The molecule has 1 nitrogen and oxygen atoms in total. The first kappa shape index (κ1) is 24.4. The van der Waals surface area contributed by atoms with Crippen molar-refractivity contribution in [2.75, 3.05) is 0 Å². The van der Waals surface area contributed by atoms with Gasteiger partial charge < -0.3 is 4.43 Å². The van der Waals surface area contributed by atoms with Gasteiger partial charge in [0.1, 0.15) is 0 Å². The molecular weight excluding hydrogens is 348 g/mol. The molecule has 1 aliphatic rings. The van der Waals surface area contributed by atoms with Crippen molar-refractivity contribution in [2.24, 2.45) is 0 Å². The molecule has 0 aromatic rings. The minimum absolute atomic E-state index is 0.606. The summed E-state index contributed by atoms with van der Waals surface area (Å²) < 4.78 is 6.60. The predicted molar refractivity (Wildman–Crippen MR) is 124 cm³/mol. The summed E-state index contributed by atoms with van der Waals surface area (Å²) in [6.07, 6.45) is 23.6. The molecule has 0 amide bonds. The Hall–Kier alpha value is 0.394. The van der Waals surface area contributed by atoms with Crippen LogP contribution in [0.3, 0.4) is 0 Å². The molecule has 0 radical (unpaired) electrons. The Labute approximate surface area is 168 Å². The van der Waals surface area contributed by atoms with E-state index in [9.17, 15) is 0 Å². The number of rotatable bonds is 15. The molecule has 0 saturated carbocycles. The van der Waals surface area contributed by atoms with Crippen LogP contribution in [-0.2, 0) is 4.43 Å². The maximum absolute atomic E-state index is 6.60. The maximum atomic E-state index is 6.60. The summed E-state index contributed by atoms with van der Waals surface area (Å²) in [6, 6.07) is 1.51. The molecule has 156 valence electrons. The van der Waals surface area contributed by atoms with E-state index in [2.05, 4.69) is 33.1 Å². The highest BCUT2D eigenvalue weighted by Crippen LogP contribution is 2.35. The van der Waals surface area contributed by atoms with Gasteiger partial charge in [-0.05, 0) is 25.9 Å². The number of hydrogen-bond acceptors (Lipinski definition) is 1. The maximum Gasteiger partial charge on any atom is 0.174 e. The van der Waals surface area contributed by atoms with Crippen LogP contribution in [0.4, 0.5) is 0 Å². The normalized spacial score (nSPS) is 21.8. The molecule has 0 spiro atoms. The average Bonchev–Trinajstić information content (AvgIpc) is 2.58. The quantitative estimate of drug-likeness (QED) is 0.198. The van der Waals surface area contributed by atoms with Gasteiger partial charge in [-0.3, -0.25) is 0 Å². The first-order valence-electron chi connectivity index (χ1n) is 12.1. The van der Waals surface area contributed by atoms with Gasteiger partial charge in [-0.2, -0.15) is 0 Å².